The summed E-state index contributed by atoms with van der Waals surface area (Å²) in [5.41, 5.74) is 3.14. The zero-order valence-electron chi connectivity index (χ0n) is 13.0. The SMILES string of the molecule is Cc1ccncc1CC(=O)N1Cc2ccccc2OC(C)C1. The molecule has 4 heteroatoms. The van der Waals surface area contributed by atoms with E-state index < -0.39 is 0 Å². The van der Waals surface area contributed by atoms with Gasteiger partial charge in [-0.05, 0) is 37.1 Å². The number of amides is 1. The van der Waals surface area contributed by atoms with E-state index in [1.807, 2.05) is 49.1 Å². The second kappa shape index (κ2) is 6.18. The lowest BCUT2D eigenvalue weighted by atomic mass is 10.1. The third-order valence-corrected chi connectivity index (χ3v) is 3.98. The van der Waals surface area contributed by atoms with Gasteiger partial charge in [0.05, 0.1) is 13.0 Å². The minimum Gasteiger partial charge on any atom is -0.489 e. The van der Waals surface area contributed by atoms with Gasteiger partial charge in [0.1, 0.15) is 11.9 Å². The third kappa shape index (κ3) is 3.11. The second-order valence-electron chi connectivity index (χ2n) is 5.79. The van der Waals surface area contributed by atoms with Crippen LogP contribution < -0.4 is 4.74 Å². The lowest BCUT2D eigenvalue weighted by Gasteiger charge is -2.22. The Morgan fingerprint density at radius 3 is 3.00 bits per heavy atom. The summed E-state index contributed by atoms with van der Waals surface area (Å²) in [5, 5.41) is 0. The smallest absolute Gasteiger partial charge is 0.227 e. The van der Waals surface area contributed by atoms with E-state index in [1.165, 1.54) is 0 Å². The number of ether oxygens (including phenoxy) is 1. The van der Waals surface area contributed by atoms with Crippen molar-refractivity contribution in [1.82, 2.24) is 9.88 Å². The molecule has 1 unspecified atom stereocenters. The summed E-state index contributed by atoms with van der Waals surface area (Å²) >= 11 is 0. The van der Waals surface area contributed by atoms with E-state index in [2.05, 4.69) is 4.98 Å². The highest BCUT2D eigenvalue weighted by molar-refractivity contribution is 5.79. The zero-order valence-corrected chi connectivity index (χ0v) is 13.0. The normalized spacial score (nSPS) is 17.4. The summed E-state index contributed by atoms with van der Waals surface area (Å²) in [6.07, 6.45) is 3.90. The van der Waals surface area contributed by atoms with Crippen LogP contribution in [0.15, 0.2) is 42.7 Å². The molecule has 2 aromatic rings. The van der Waals surface area contributed by atoms with E-state index in [0.717, 1.165) is 22.4 Å². The Labute approximate surface area is 130 Å². The maximum Gasteiger partial charge on any atom is 0.227 e. The molecule has 114 valence electrons. The van der Waals surface area contributed by atoms with Gasteiger partial charge in [0.25, 0.3) is 0 Å². The standard InChI is InChI=1S/C18H20N2O2/c1-13-7-8-19-10-16(13)9-18(21)20-11-14(2)22-17-6-4-3-5-15(17)12-20/h3-8,10,14H,9,11-12H2,1-2H3. The molecular weight excluding hydrogens is 276 g/mol. The van der Waals surface area contributed by atoms with Crippen LogP contribution in [0, 0.1) is 6.92 Å². The highest BCUT2D eigenvalue weighted by Gasteiger charge is 2.23. The number of carbonyl (C=O) groups is 1. The van der Waals surface area contributed by atoms with Gasteiger partial charge in [-0.2, -0.15) is 0 Å². The Bertz CT molecular complexity index is 684. The molecular formula is C18H20N2O2. The van der Waals surface area contributed by atoms with Crippen molar-refractivity contribution in [3.63, 3.8) is 0 Å². The Hall–Kier alpha value is -2.36. The van der Waals surface area contributed by atoms with Gasteiger partial charge < -0.3 is 9.64 Å². The van der Waals surface area contributed by atoms with Gasteiger partial charge in [-0.1, -0.05) is 18.2 Å². The quantitative estimate of drug-likeness (QED) is 0.856. The van der Waals surface area contributed by atoms with Crippen LogP contribution in [0.25, 0.3) is 0 Å². The van der Waals surface area contributed by atoms with Gasteiger partial charge in [-0.25, -0.2) is 0 Å². The first kappa shape index (κ1) is 14.6. The molecule has 4 nitrogen and oxygen atoms in total. The van der Waals surface area contributed by atoms with Crippen LogP contribution in [-0.4, -0.2) is 28.4 Å². The average Bonchev–Trinajstić information content (AvgIpc) is 2.67. The van der Waals surface area contributed by atoms with Crippen molar-refractivity contribution in [3.05, 3.63) is 59.4 Å². The van der Waals surface area contributed by atoms with Gasteiger partial charge in [-0.3, -0.25) is 9.78 Å². The maximum absolute atomic E-state index is 12.7. The minimum absolute atomic E-state index is 0.0115. The molecule has 0 saturated carbocycles. The first-order valence-corrected chi connectivity index (χ1v) is 7.55. The molecule has 1 amide bonds. The number of hydrogen-bond acceptors (Lipinski definition) is 3. The van der Waals surface area contributed by atoms with Gasteiger partial charge in [0.15, 0.2) is 0 Å². The maximum atomic E-state index is 12.7. The van der Waals surface area contributed by atoms with Gasteiger partial charge in [0.2, 0.25) is 5.91 Å². The van der Waals surface area contributed by atoms with Crippen molar-refractivity contribution < 1.29 is 9.53 Å². The topological polar surface area (TPSA) is 42.4 Å². The van der Waals surface area contributed by atoms with Crippen LogP contribution in [-0.2, 0) is 17.8 Å². The largest absolute Gasteiger partial charge is 0.489 e. The fraction of sp³-hybridized carbons (Fsp3) is 0.333. The van der Waals surface area contributed by atoms with Crippen molar-refractivity contribution in [3.8, 4) is 5.75 Å². The number of benzene rings is 1. The first-order valence-electron chi connectivity index (χ1n) is 7.55. The summed E-state index contributed by atoms with van der Waals surface area (Å²) in [6.45, 7) is 5.21. The molecule has 1 aromatic carbocycles. The van der Waals surface area contributed by atoms with Crippen molar-refractivity contribution in [1.29, 1.82) is 0 Å². The van der Waals surface area contributed by atoms with Gasteiger partial charge >= 0.3 is 0 Å². The van der Waals surface area contributed by atoms with E-state index >= 15 is 0 Å². The lowest BCUT2D eigenvalue weighted by molar-refractivity contribution is -0.131. The molecule has 3 rings (SSSR count). The molecule has 0 saturated heterocycles. The zero-order chi connectivity index (χ0) is 15.5. The second-order valence-corrected chi connectivity index (χ2v) is 5.79. The Morgan fingerprint density at radius 1 is 1.36 bits per heavy atom. The van der Waals surface area contributed by atoms with Crippen LogP contribution in [0.4, 0.5) is 0 Å². The highest BCUT2D eigenvalue weighted by atomic mass is 16.5. The number of aromatic nitrogens is 1. The molecule has 1 atom stereocenters. The highest BCUT2D eigenvalue weighted by Crippen LogP contribution is 2.25. The predicted octanol–water partition coefficient (Wildman–Crippen LogP) is 2.74. The van der Waals surface area contributed by atoms with Crippen LogP contribution in [0.3, 0.4) is 0 Å². The number of nitrogens with zero attached hydrogens (tertiary/aromatic N) is 2. The van der Waals surface area contributed by atoms with Crippen LogP contribution in [0.2, 0.25) is 0 Å². The summed E-state index contributed by atoms with van der Waals surface area (Å²) in [4.78, 5) is 18.7. The summed E-state index contributed by atoms with van der Waals surface area (Å²) < 4.78 is 5.90. The van der Waals surface area contributed by atoms with E-state index in [0.29, 0.717) is 19.5 Å². The summed E-state index contributed by atoms with van der Waals surface area (Å²) in [6, 6.07) is 9.86. The Morgan fingerprint density at radius 2 is 2.18 bits per heavy atom. The van der Waals surface area contributed by atoms with Crippen molar-refractivity contribution >= 4 is 5.91 Å². The number of rotatable bonds is 2. The molecule has 1 aromatic heterocycles. The number of pyridine rings is 1. The molecule has 0 fully saturated rings. The molecule has 0 N–H and O–H groups in total. The number of aryl methyl sites for hydroxylation is 1. The third-order valence-electron chi connectivity index (χ3n) is 3.98. The molecule has 1 aliphatic heterocycles. The van der Waals surface area contributed by atoms with Crippen molar-refractivity contribution in [2.24, 2.45) is 0 Å². The van der Waals surface area contributed by atoms with Crippen LogP contribution in [0.5, 0.6) is 5.75 Å². The monoisotopic (exact) mass is 296 g/mol. The number of para-hydroxylation sites is 1. The number of carbonyl (C=O) groups excluding carboxylic acids is 1. The van der Waals surface area contributed by atoms with Crippen molar-refractivity contribution in [2.45, 2.75) is 32.9 Å². The minimum atomic E-state index is -0.0115. The number of hydrogen-bond donors (Lipinski definition) is 0. The van der Waals surface area contributed by atoms with Gasteiger partial charge in [-0.15, -0.1) is 0 Å². The van der Waals surface area contributed by atoms with Gasteiger partial charge in [0, 0.05) is 24.5 Å². The van der Waals surface area contributed by atoms with E-state index in [-0.39, 0.29) is 12.0 Å². The number of fused-ring (bicyclic) bond motifs is 1. The molecule has 0 bridgehead atoms. The molecule has 22 heavy (non-hydrogen) atoms. The van der Waals surface area contributed by atoms with E-state index in [1.54, 1.807) is 12.4 Å². The van der Waals surface area contributed by atoms with E-state index in [4.69, 9.17) is 4.74 Å². The Kier molecular flexibility index (Phi) is 4.09. The Balaban J connectivity index is 1.79. The first-order chi connectivity index (χ1) is 10.6. The molecule has 0 spiro atoms. The van der Waals surface area contributed by atoms with E-state index in [9.17, 15) is 4.79 Å². The fourth-order valence-electron chi connectivity index (χ4n) is 2.73. The molecule has 0 aliphatic carbocycles. The van der Waals surface area contributed by atoms with Crippen LogP contribution >= 0.6 is 0 Å². The van der Waals surface area contributed by atoms with Crippen molar-refractivity contribution in [2.75, 3.05) is 6.54 Å². The molecule has 0 radical (unpaired) electrons. The lowest BCUT2D eigenvalue weighted by Crippen LogP contribution is -2.37. The predicted molar refractivity (Wildman–Crippen MR) is 84.6 cm³/mol. The molecule has 2 heterocycles. The fourth-order valence-corrected chi connectivity index (χ4v) is 2.73. The van der Waals surface area contributed by atoms with Crippen LogP contribution in [0.1, 0.15) is 23.6 Å². The summed E-state index contributed by atoms with van der Waals surface area (Å²) in [7, 11) is 0. The average molecular weight is 296 g/mol. The molecule has 1 aliphatic rings. The summed E-state index contributed by atoms with van der Waals surface area (Å²) in [5.74, 6) is 0.992.